The number of ether oxygens (including phenoxy) is 2. The standard InChI is InChI=1S/C8H14O4/c1-3-11-6-8(4-5-9)12-7(2)10/h3,8-9H,1,4-6H2,2H3. The highest BCUT2D eigenvalue weighted by atomic mass is 16.6. The van der Waals surface area contributed by atoms with Crippen molar-refractivity contribution in [1.82, 2.24) is 0 Å². The minimum Gasteiger partial charge on any atom is -0.498 e. The molecule has 0 radical (unpaired) electrons. The zero-order valence-corrected chi connectivity index (χ0v) is 7.16. The van der Waals surface area contributed by atoms with Gasteiger partial charge in [-0.3, -0.25) is 4.79 Å². The second-order valence-corrected chi connectivity index (χ2v) is 2.24. The van der Waals surface area contributed by atoms with Gasteiger partial charge in [0.1, 0.15) is 12.7 Å². The maximum Gasteiger partial charge on any atom is 0.303 e. The second kappa shape index (κ2) is 6.67. The van der Waals surface area contributed by atoms with Crippen LogP contribution < -0.4 is 0 Å². The number of hydrogen-bond acceptors (Lipinski definition) is 4. The average Bonchev–Trinajstić information content (AvgIpc) is 2.00. The normalized spacial score (nSPS) is 11.8. The van der Waals surface area contributed by atoms with Gasteiger partial charge in [-0.1, -0.05) is 6.58 Å². The summed E-state index contributed by atoms with van der Waals surface area (Å²) >= 11 is 0. The van der Waals surface area contributed by atoms with E-state index in [0.717, 1.165) is 0 Å². The van der Waals surface area contributed by atoms with Gasteiger partial charge in [-0.2, -0.15) is 0 Å². The van der Waals surface area contributed by atoms with Gasteiger partial charge in [-0.15, -0.1) is 0 Å². The van der Waals surface area contributed by atoms with Gasteiger partial charge in [0, 0.05) is 20.0 Å². The molecule has 0 aromatic rings. The van der Waals surface area contributed by atoms with E-state index in [1.54, 1.807) is 0 Å². The van der Waals surface area contributed by atoms with Crippen LogP contribution in [0.15, 0.2) is 12.8 Å². The first-order valence-corrected chi connectivity index (χ1v) is 3.71. The summed E-state index contributed by atoms with van der Waals surface area (Å²) in [7, 11) is 0. The maximum atomic E-state index is 10.5. The Morgan fingerprint density at radius 3 is 2.83 bits per heavy atom. The Labute approximate surface area is 71.8 Å². The molecule has 0 aliphatic heterocycles. The molecule has 0 bridgehead atoms. The summed E-state index contributed by atoms with van der Waals surface area (Å²) in [5.41, 5.74) is 0. The maximum absolute atomic E-state index is 10.5. The van der Waals surface area contributed by atoms with E-state index in [0.29, 0.717) is 6.42 Å². The molecular weight excluding hydrogens is 160 g/mol. The van der Waals surface area contributed by atoms with Crippen molar-refractivity contribution in [1.29, 1.82) is 0 Å². The summed E-state index contributed by atoms with van der Waals surface area (Å²) in [6, 6.07) is 0. The lowest BCUT2D eigenvalue weighted by atomic mass is 10.3. The van der Waals surface area contributed by atoms with Crippen LogP contribution in [-0.2, 0) is 14.3 Å². The summed E-state index contributed by atoms with van der Waals surface area (Å²) in [5, 5.41) is 8.58. The molecule has 4 heteroatoms. The molecule has 0 aliphatic carbocycles. The molecule has 0 aromatic heterocycles. The molecule has 0 fully saturated rings. The van der Waals surface area contributed by atoms with Crippen molar-refractivity contribution < 1.29 is 19.4 Å². The van der Waals surface area contributed by atoms with Gasteiger partial charge in [0.15, 0.2) is 0 Å². The molecule has 70 valence electrons. The number of esters is 1. The fourth-order valence-corrected chi connectivity index (χ4v) is 0.730. The fourth-order valence-electron chi connectivity index (χ4n) is 0.730. The highest BCUT2D eigenvalue weighted by molar-refractivity contribution is 5.66. The third-order valence-corrected chi connectivity index (χ3v) is 1.18. The molecule has 12 heavy (non-hydrogen) atoms. The molecule has 0 aliphatic rings. The van der Waals surface area contributed by atoms with Crippen molar-refractivity contribution in [2.45, 2.75) is 19.4 Å². The van der Waals surface area contributed by atoms with Crippen LogP contribution in [0.5, 0.6) is 0 Å². The number of aliphatic hydroxyl groups is 1. The Morgan fingerprint density at radius 1 is 1.75 bits per heavy atom. The van der Waals surface area contributed by atoms with Crippen LogP contribution in [0, 0.1) is 0 Å². The number of aliphatic hydroxyl groups excluding tert-OH is 1. The van der Waals surface area contributed by atoms with Crippen LogP contribution in [0.4, 0.5) is 0 Å². The van der Waals surface area contributed by atoms with Crippen LogP contribution in [0.25, 0.3) is 0 Å². The molecule has 4 nitrogen and oxygen atoms in total. The smallest absolute Gasteiger partial charge is 0.303 e. The van der Waals surface area contributed by atoms with Gasteiger partial charge >= 0.3 is 5.97 Å². The van der Waals surface area contributed by atoms with Gasteiger partial charge < -0.3 is 14.6 Å². The van der Waals surface area contributed by atoms with E-state index in [4.69, 9.17) is 14.6 Å². The SMILES string of the molecule is C=COCC(CCO)OC(C)=O. The van der Waals surface area contributed by atoms with Crippen LogP contribution in [0.1, 0.15) is 13.3 Å². The molecule has 1 N–H and O–H groups in total. The number of carbonyl (C=O) groups is 1. The van der Waals surface area contributed by atoms with Gasteiger partial charge in [-0.05, 0) is 0 Å². The summed E-state index contributed by atoms with van der Waals surface area (Å²) in [6.45, 7) is 4.87. The zero-order valence-electron chi connectivity index (χ0n) is 7.16. The van der Waals surface area contributed by atoms with E-state index in [9.17, 15) is 4.79 Å². The molecule has 0 aromatic carbocycles. The van der Waals surface area contributed by atoms with Crippen LogP contribution in [0.3, 0.4) is 0 Å². The largest absolute Gasteiger partial charge is 0.498 e. The third-order valence-electron chi connectivity index (χ3n) is 1.18. The van der Waals surface area contributed by atoms with E-state index in [-0.39, 0.29) is 25.3 Å². The van der Waals surface area contributed by atoms with Gasteiger partial charge in [0.05, 0.1) is 6.26 Å². The van der Waals surface area contributed by atoms with Crippen LogP contribution >= 0.6 is 0 Å². The monoisotopic (exact) mass is 174 g/mol. The molecule has 0 heterocycles. The Morgan fingerprint density at radius 2 is 2.42 bits per heavy atom. The number of rotatable bonds is 6. The molecule has 0 spiro atoms. The Balaban J connectivity index is 3.68. The van der Waals surface area contributed by atoms with Crippen LogP contribution in [0.2, 0.25) is 0 Å². The number of carbonyl (C=O) groups excluding carboxylic acids is 1. The minimum atomic E-state index is -0.384. The third kappa shape index (κ3) is 5.73. The summed E-state index contributed by atoms with van der Waals surface area (Å²) in [5.74, 6) is -0.374. The molecule has 1 atom stereocenters. The van der Waals surface area contributed by atoms with Crippen molar-refractivity contribution in [3.63, 3.8) is 0 Å². The van der Waals surface area contributed by atoms with E-state index in [1.165, 1.54) is 13.2 Å². The quantitative estimate of drug-likeness (QED) is 0.469. The van der Waals surface area contributed by atoms with Crippen molar-refractivity contribution >= 4 is 5.97 Å². The lowest BCUT2D eigenvalue weighted by molar-refractivity contribution is -0.149. The number of hydrogen-bond donors (Lipinski definition) is 1. The lowest BCUT2D eigenvalue weighted by Crippen LogP contribution is -2.22. The van der Waals surface area contributed by atoms with Gasteiger partial charge in [-0.25, -0.2) is 0 Å². The van der Waals surface area contributed by atoms with Crippen molar-refractivity contribution in [2.24, 2.45) is 0 Å². The van der Waals surface area contributed by atoms with E-state index >= 15 is 0 Å². The predicted octanol–water partition coefficient (Wildman–Crippen LogP) is 0.461. The highest BCUT2D eigenvalue weighted by Gasteiger charge is 2.10. The lowest BCUT2D eigenvalue weighted by Gasteiger charge is -2.14. The average molecular weight is 174 g/mol. The van der Waals surface area contributed by atoms with Crippen molar-refractivity contribution in [3.05, 3.63) is 12.8 Å². The topological polar surface area (TPSA) is 55.8 Å². The molecule has 1 unspecified atom stereocenters. The molecule has 0 rings (SSSR count). The van der Waals surface area contributed by atoms with Crippen LogP contribution in [-0.4, -0.2) is 30.4 Å². The van der Waals surface area contributed by atoms with Gasteiger partial charge in [0.2, 0.25) is 0 Å². The van der Waals surface area contributed by atoms with E-state index < -0.39 is 0 Å². The summed E-state index contributed by atoms with van der Waals surface area (Å²) in [6.07, 6.45) is 1.27. The fraction of sp³-hybridized carbons (Fsp3) is 0.625. The zero-order chi connectivity index (χ0) is 9.40. The predicted molar refractivity (Wildman–Crippen MR) is 43.4 cm³/mol. The minimum absolute atomic E-state index is 0.0293. The van der Waals surface area contributed by atoms with E-state index in [2.05, 4.69) is 6.58 Å². The van der Waals surface area contributed by atoms with Crippen molar-refractivity contribution in [3.8, 4) is 0 Å². The van der Waals surface area contributed by atoms with Crippen molar-refractivity contribution in [2.75, 3.05) is 13.2 Å². The Bertz CT molecular complexity index is 144. The Hall–Kier alpha value is -1.03. The highest BCUT2D eigenvalue weighted by Crippen LogP contribution is 1.99. The molecular formula is C8H14O4. The Kier molecular flexibility index (Phi) is 6.09. The first-order chi connectivity index (χ1) is 5.70. The van der Waals surface area contributed by atoms with E-state index in [1.807, 2.05) is 0 Å². The molecule has 0 saturated carbocycles. The second-order valence-electron chi connectivity index (χ2n) is 2.24. The van der Waals surface area contributed by atoms with Gasteiger partial charge in [0.25, 0.3) is 0 Å². The first kappa shape index (κ1) is 11.0. The first-order valence-electron chi connectivity index (χ1n) is 3.71. The molecule has 0 saturated heterocycles. The summed E-state index contributed by atoms with van der Waals surface area (Å²) in [4.78, 5) is 10.5. The summed E-state index contributed by atoms with van der Waals surface area (Å²) < 4.78 is 9.65. The molecule has 0 amide bonds.